The summed E-state index contributed by atoms with van der Waals surface area (Å²) in [5, 5.41) is 5.13. The highest BCUT2D eigenvalue weighted by Gasteiger charge is 2.28. The van der Waals surface area contributed by atoms with Gasteiger partial charge in [-0.15, -0.1) is 0 Å². The number of aromatic nitrogens is 2. The summed E-state index contributed by atoms with van der Waals surface area (Å²) in [6, 6.07) is 9.20. The summed E-state index contributed by atoms with van der Waals surface area (Å²) in [5.41, 5.74) is 1.92. The van der Waals surface area contributed by atoms with Gasteiger partial charge >= 0.3 is 0 Å². The molecule has 0 N–H and O–H groups in total. The molecule has 0 bridgehead atoms. The number of fused-ring (bicyclic) bond motifs is 1. The molecule has 4 rings (SSSR count). The Morgan fingerprint density at radius 2 is 1.74 bits per heavy atom. The van der Waals surface area contributed by atoms with Gasteiger partial charge in [0.05, 0.1) is 0 Å². The second-order valence-corrected chi connectivity index (χ2v) is 7.63. The van der Waals surface area contributed by atoms with Gasteiger partial charge < -0.3 is 9.80 Å². The molecule has 2 aliphatic heterocycles. The number of carbonyl (C=O) groups is 2. The molecule has 0 radical (unpaired) electrons. The lowest BCUT2D eigenvalue weighted by Gasteiger charge is -2.25. The Labute approximate surface area is 163 Å². The Balaban J connectivity index is 1.53. The van der Waals surface area contributed by atoms with Gasteiger partial charge in [0.1, 0.15) is 5.69 Å². The van der Waals surface area contributed by atoms with Gasteiger partial charge in [-0.05, 0) is 43.4 Å². The predicted molar refractivity (Wildman–Crippen MR) is 103 cm³/mol. The van der Waals surface area contributed by atoms with E-state index in [-0.39, 0.29) is 11.8 Å². The van der Waals surface area contributed by atoms with E-state index in [4.69, 9.17) is 11.6 Å². The summed E-state index contributed by atoms with van der Waals surface area (Å²) >= 11 is 5.94. The SMILES string of the molecule is O=C(c1cc2n(n1)CCCN(Cc1ccc(Cl)cc1)C2=O)N1CCCCC1. The summed E-state index contributed by atoms with van der Waals surface area (Å²) in [5.74, 6) is -0.139. The molecule has 27 heavy (non-hydrogen) atoms. The van der Waals surface area contributed by atoms with E-state index in [1.807, 2.05) is 34.1 Å². The van der Waals surface area contributed by atoms with Crippen molar-refractivity contribution >= 4 is 23.4 Å². The average Bonchev–Trinajstić information content (AvgIpc) is 3.06. The number of rotatable bonds is 3. The molecule has 6 nitrogen and oxygen atoms in total. The zero-order chi connectivity index (χ0) is 18.8. The maximum absolute atomic E-state index is 13.0. The summed E-state index contributed by atoms with van der Waals surface area (Å²) in [4.78, 5) is 29.4. The third-order valence-electron chi connectivity index (χ3n) is 5.23. The molecule has 1 aromatic heterocycles. The van der Waals surface area contributed by atoms with Crippen LogP contribution in [0.3, 0.4) is 0 Å². The van der Waals surface area contributed by atoms with Crippen LogP contribution in [0.15, 0.2) is 30.3 Å². The fourth-order valence-corrected chi connectivity index (χ4v) is 3.88. The molecule has 2 amide bonds. The van der Waals surface area contributed by atoms with Gasteiger partial charge in [-0.3, -0.25) is 14.3 Å². The average molecular weight is 387 g/mol. The molecule has 0 spiro atoms. The van der Waals surface area contributed by atoms with Crippen LogP contribution in [-0.2, 0) is 13.1 Å². The molecule has 3 heterocycles. The van der Waals surface area contributed by atoms with Crippen molar-refractivity contribution in [2.24, 2.45) is 0 Å². The van der Waals surface area contributed by atoms with Crippen LogP contribution >= 0.6 is 11.6 Å². The molecule has 1 saturated heterocycles. The van der Waals surface area contributed by atoms with Crippen LogP contribution in [0.25, 0.3) is 0 Å². The quantitative estimate of drug-likeness (QED) is 0.813. The highest BCUT2D eigenvalue weighted by atomic mass is 35.5. The Bertz CT molecular complexity index is 840. The van der Waals surface area contributed by atoms with Gasteiger partial charge in [0.15, 0.2) is 5.69 Å². The zero-order valence-electron chi connectivity index (χ0n) is 15.2. The first-order chi connectivity index (χ1) is 13.1. The first-order valence-electron chi connectivity index (χ1n) is 9.53. The monoisotopic (exact) mass is 386 g/mol. The molecule has 0 saturated carbocycles. The molecule has 2 aliphatic rings. The molecule has 142 valence electrons. The molecule has 1 fully saturated rings. The van der Waals surface area contributed by atoms with Gasteiger partial charge in [0.2, 0.25) is 0 Å². The minimum atomic E-state index is -0.0763. The number of likely N-dealkylation sites (tertiary alicyclic amines) is 1. The van der Waals surface area contributed by atoms with Crippen LogP contribution in [0.5, 0.6) is 0 Å². The van der Waals surface area contributed by atoms with Crippen molar-refractivity contribution in [3.05, 3.63) is 52.3 Å². The molecule has 1 aromatic carbocycles. The third kappa shape index (κ3) is 3.86. The number of halogens is 1. The van der Waals surface area contributed by atoms with Crippen molar-refractivity contribution in [3.8, 4) is 0 Å². The largest absolute Gasteiger partial charge is 0.337 e. The molecule has 0 atom stereocenters. The van der Waals surface area contributed by atoms with Crippen LogP contribution in [0.4, 0.5) is 0 Å². The minimum Gasteiger partial charge on any atom is -0.337 e. The predicted octanol–water partition coefficient (Wildman–Crippen LogP) is 3.21. The zero-order valence-corrected chi connectivity index (χ0v) is 16.0. The molecular weight excluding hydrogens is 364 g/mol. The minimum absolute atomic E-state index is 0.0627. The smallest absolute Gasteiger partial charge is 0.274 e. The van der Waals surface area contributed by atoms with Crippen molar-refractivity contribution in [2.75, 3.05) is 19.6 Å². The van der Waals surface area contributed by atoms with E-state index in [1.165, 1.54) is 6.42 Å². The van der Waals surface area contributed by atoms with E-state index in [0.29, 0.717) is 36.0 Å². The highest BCUT2D eigenvalue weighted by Crippen LogP contribution is 2.19. The van der Waals surface area contributed by atoms with Gasteiger partial charge in [-0.1, -0.05) is 23.7 Å². The van der Waals surface area contributed by atoms with Crippen molar-refractivity contribution in [1.82, 2.24) is 19.6 Å². The number of carbonyl (C=O) groups excluding carboxylic acids is 2. The van der Waals surface area contributed by atoms with Crippen LogP contribution in [-0.4, -0.2) is 51.0 Å². The molecule has 7 heteroatoms. The van der Waals surface area contributed by atoms with Gasteiger partial charge in [-0.2, -0.15) is 5.10 Å². The summed E-state index contributed by atoms with van der Waals surface area (Å²) in [6.45, 7) is 3.39. The second kappa shape index (κ2) is 7.72. The topological polar surface area (TPSA) is 58.4 Å². The molecule has 0 unspecified atom stereocenters. The fraction of sp³-hybridized carbons (Fsp3) is 0.450. The van der Waals surface area contributed by atoms with Crippen LogP contribution in [0, 0.1) is 0 Å². The first kappa shape index (κ1) is 18.0. The van der Waals surface area contributed by atoms with E-state index >= 15 is 0 Å². The van der Waals surface area contributed by atoms with Crippen LogP contribution < -0.4 is 0 Å². The summed E-state index contributed by atoms with van der Waals surface area (Å²) in [7, 11) is 0. The lowest BCUT2D eigenvalue weighted by molar-refractivity contribution is 0.0717. The lowest BCUT2D eigenvalue weighted by atomic mass is 10.1. The maximum Gasteiger partial charge on any atom is 0.274 e. The first-order valence-corrected chi connectivity index (χ1v) is 9.90. The number of amides is 2. The summed E-state index contributed by atoms with van der Waals surface area (Å²) < 4.78 is 1.70. The number of piperidine rings is 1. The van der Waals surface area contributed by atoms with E-state index in [2.05, 4.69) is 5.10 Å². The molecule has 0 aliphatic carbocycles. The highest BCUT2D eigenvalue weighted by molar-refractivity contribution is 6.30. The van der Waals surface area contributed by atoms with Gasteiger partial charge in [0, 0.05) is 43.8 Å². The van der Waals surface area contributed by atoms with Crippen molar-refractivity contribution in [1.29, 1.82) is 0 Å². The Morgan fingerprint density at radius 1 is 1.00 bits per heavy atom. The second-order valence-electron chi connectivity index (χ2n) is 7.20. The van der Waals surface area contributed by atoms with E-state index in [0.717, 1.165) is 37.9 Å². The summed E-state index contributed by atoms with van der Waals surface area (Å²) in [6.07, 6.45) is 4.05. The van der Waals surface area contributed by atoms with Crippen molar-refractivity contribution in [2.45, 2.75) is 38.8 Å². The normalized spacial score (nSPS) is 17.6. The Hall–Kier alpha value is -2.34. The number of hydrogen-bond acceptors (Lipinski definition) is 3. The van der Waals surface area contributed by atoms with E-state index in [9.17, 15) is 9.59 Å². The van der Waals surface area contributed by atoms with Crippen LogP contribution in [0.2, 0.25) is 5.02 Å². The fourth-order valence-electron chi connectivity index (χ4n) is 3.76. The number of benzene rings is 1. The van der Waals surface area contributed by atoms with Crippen LogP contribution in [0.1, 0.15) is 52.2 Å². The molecular formula is C20H23ClN4O2. The third-order valence-corrected chi connectivity index (χ3v) is 5.49. The van der Waals surface area contributed by atoms with Crippen molar-refractivity contribution in [3.63, 3.8) is 0 Å². The van der Waals surface area contributed by atoms with Gasteiger partial charge in [-0.25, -0.2) is 0 Å². The molecule has 2 aromatic rings. The van der Waals surface area contributed by atoms with E-state index in [1.54, 1.807) is 10.7 Å². The van der Waals surface area contributed by atoms with Gasteiger partial charge in [0.25, 0.3) is 11.8 Å². The van der Waals surface area contributed by atoms with E-state index < -0.39 is 0 Å². The number of nitrogens with zero attached hydrogens (tertiary/aromatic N) is 4. The van der Waals surface area contributed by atoms with Crippen molar-refractivity contribution < 1.29 is 9.59 Å². The standard InChI is InChI=1S/C20H23ClN4O2/c21-16-7-5-15(6-8-16)14-24-11-4-12-25-18(20(24)27)13-17(22-25)19(26)23-9-2-1-3-10-23/h5-8,13H,1-4,9-12,14H2. The Morgan fingerprint density at radius 3 is 2.48 bits per heavy atom. The maximum atomic E-state index is 13.0. The number of aryl methyl sites for hydroxylation is 1. The Kier molecular flexibility index (Phi) is 5.16. The lowest BCUT2D eigenvalue weighted by Crippen LogP contribution is -2.36. The number of hydrogen-bond donors (Lipinski definition) is 0.